The van der Waals surface area contributed by atoms with Gasteiger partial charge in [-0.1, -0.05) is 0 Å². The van der Waals surface area contributed by atoms with Crippen molar-refractivity contribution in [1.82, 2.24) is 0 Å². The molecule has 0 saturated heterocycles. The zero-order valence-electron chi connectivity index (χ0n) is 12.0. The predicted molar refractivity (Wildman–Crippen MR) is 82.6 cm³/mol. The number of nitrogen functional groups attached to an aromatic ring is 1. The van der Waals surface area contributed by atoms with E-state index in [2.05, 4.69) is 10.2 Å². The Hall–Kier alpha value is -2.45. The quantitative estimate of drug-likeness (QED) is 0.509. The van der Waals surface area contributed by atoms with Gasteiger partial charge in [0.25, 0.3) is 10.1 Å². The minimum atomic E-state index is -4.21. The lowest BCUT2D eigenvalue weighted by atomic mass is 10.1. The Balaban J connectivity index is 2.27. The van der Waals surface area contributed by atoms with Crippen LogP contribution in [0.15, 0.2) is 51.5 Å². The number of nitrogens with two attached hydrogens (primary N) is 1. The van der Waals surface area contributed by atoms with Crippen LogP contribution in [0.25, 0.3) is 0 Å². The van der Waals surface area contributed by atoms with E-state index in [1.807, 2.05) is 6.92 Å². The molecule has 0 spiro atoms. The van der Waals surface area contributed by atoms with Crippen LogP contribution in [0.1, 0.15) is 5.56 Å². The summed E-state index contributed by atoms with van der Waals surface area (Å²) in [6.07, 6.45) is 0. The van der Waals surface area contributed by atoms with Crippen LogP contribution in [0.5, 0.6) is 5.75 Å². The van der Waals surface area contributed by atoms with Crippen LogP contribution in [0.3, 0.4) is 0 Å². The van der Waals surface area contributed by atoms with Crippen LogP contribution in [0.4, 0.5) is 17.1 Å². The maximum Gasteiger partial charge on any atom is 0.294 e. The predicted octanol–water partition coefficient (Wildman–Crippen LogP) is 3.25. The summed E-state index contributed by atoms with van der Waals surface area (Å²) in [7, 11) is -2.69. The first-order chi connectivity index (χ1) is 10.3. The highest BCUT2D eigenvalue weighted by Crippen LogP contribution is 2.31. The molecule has 0 aliphatic carbocycles. The van der Waals surface area contributed by atoms with Crippen molar-refractivity contribution < 1.29 is 17.7 Å². The number of methoxy groups -OCH3 is 1. The highest BCUT2D eigenvalue weighted by molar-refractivity contribution is 7.85. The molecule has 3 N–H and O–H groups in total. The molecule has 116 valence electrons. The first-order valence-corrected chi connectivity index (χ1v) is 7.68. The molecule has 0 aliphatic rings. The number of ether oxygens (including phenoxy) is 1. The second kappa shape index (κ2) is 6.12. The average molecular weight is 321 g/mol. The third kappa shape index (κ3) is 3.60. The molecular weight excluding hydrogens is 306 g/mol. The molecular formula is C14H15N3O4S. The van der Waals surface area contributed by atoms with Gasteiger partial charge in [-0.25, -0.2) is 0 Å². The van der Waals surface area contributed by atoms with E-state index in [-0.39, 0.29) is 4.90 Å². The molecule has 2 rings (SSSR count). The van der Waals surface area contributed by atoms with Gasteiger partial charge in [0.2, 0.25) is 0 Å². The van der Waals surface area contributed by atoms with E-state index < -0.39 is 10.1 Å². The first kappa shape index (κ1) is 15.9. The number of aryl methyl sites for hydroxylation is 1. The van der Waals surface area contributed by atoms with E-state index in [0.717, 1.165) is 5.56 Å². The van der Waals surface area contributed by atoms with E-state index in [1.165, 1.54) is 31.4 Å². The van der Waals surface area contributed by atoms with Gasteiger partial charge in [0.15, 0.2) is 0 Å². The zero-order chi connectivity index (χ0) is 16.3. The number of azo groups is 1. The van der Waals surface area contributed by atoms with E-state index in [9.17, 15) is 8.42 Å². The van der Waals surface area contributed by atoms with Gasteiger partial charge < -0.3 is 10.5 Å². The molecule has 0 unspecified atom stereocenters. The van der Waals surface area contributed by atoms with Gasteiger partial charge in [0.1, 0.15) is 5.75 Å². The number of hydrogen-bond acceptors (Lipinski definition) is 6. The van der Waals surface area contributed by atoms with Crippen molar-refractivity contribution in [3.8, 4) is 5.75 Å². The minimum Gasteiger partial charge on any atom is -0.495 e. The summed E-state index contributed by atoms with van der Waals surface area (Å²) in [5.41, 5.74) is 8.21. The lowest BCUT2D eigenvalue weighted by Gasteiger charge is -2.07. The van der Waals surface area contributed by atoms with Crippen LogP contribution < -0.4 is 10.5 Å². The van der Waals surface area contributed by atoms with Crippen molar-refractivity contribution in [3.63, 3.8) is 0 Å². The second-order valence-electron chi connectivity index (χ2n) is 4.55. The highest BCUT2D eigenvalue weighted by atomic mass is 32.2. The van der Waals surface area contributed by atoms with E-state index in [4.69, 9.17) is 15.0 Å². The van der Waals surface area contributed by atoms with Crippen molar-refractivity contribution in [1.29, 1.82) is 0 Å². The number of anilines is 1. The minimum absolute atomic E-state index is 0.198. The Bertz CT molecular complexity index is 815. The first-order valence-electron chi connectivity index (χ1n) is 6.24. The van der Waals surface area contributed by atoms with Gasteiger partial charge in [-0.15, -0.1) is 0 Å². The molecule has 0 saturated carbocycles. The molecule has 0 atom stereocenters. The molecule has 8 heteroatoms. The third-order valence-electron chi connectivity index (χ3n) is 2.97. The van der Waals surface area contributed by atoms with Crippen LogP contribution >= 0.6 is 0 Å². The zero-order valence-corrected chi connectivity index (χ0v) is 12.8. The summed E-state index contributed by atoms with van der Waals surface area (Å²) in [5, 5.41) is 8.05. The number of hydrogen-bond donors (Lipinski definition) is 2. The largest absolute Gasteiger partial charge is 0.495 e. The van der Waals surface area contributed by atoms with Gasteiger partial charge in [0, 0.05) is 6.07 Å². The van der Waals surface area contributed by atoms with E-state index in [0.29, 0.717) is 22.8 Å². The fourth-order valence-electron chi connectivity index (χ4n) is 1.77. The Morgan fingerprint density at radius 3 is 2.23 bits per heavy atom. The highest BCUT2D eigenvalue weighted by Gasteiger charge is 2.08. The average Bonchev–Trinajstić information content (AvgIpc) is 2.48. The molecule has 0 heterocycles. The van der Waals surface area contributed by atoms with Gasteiger partial charge >= 0.3 is 0 Å². The normalized spacial score (nSPS) is 11.8. The molecule has 2 aromatic carbocycles. The van der Waals surface area contributed by atoms with Gasteiger partial charge in [-0.05, 0) is 42.8 Å². The molecule has 2 aromatic rings. The summed E-state index contributed by atoms with van der Waals surface area (Å²) in [5.74, 6) is 0.510. The standard InChI is InChI=1S/C14H15N3O4S/c1-9-7-11(8-13(21-2)14(9)15)17-16-10-3-5-12(6-4-10)22(18,19)20/h3-8H,15H2,1-2H3,(H,18,19,20). The van der Waals surface area contributed by atoms with Crippen LogP contribution in [-0.2, 0) is 10.1 Å². The van der Waals surface area contributed by atoms with Gasteiger partial charge in [-0.3, -0.25) is 4.55 Å². The Kier molecular flexibility index (Phi) is 4.43. The fraction of sp³-hybridized carbons (Fsp3) is 0.143. The number of rotatable bonds is 4. The van der Waals surface area contributed by atoms with Crippen LogP contribution in [-0.4, -0.2) is 20.1 Å². The van der Waals surface area contributed by atoms with Crippen molar-refractivity contribution in [2.45, 2.75) is 11.8 Å². The Morgan fingerprint density at radius 2 is 1.68 bits per heavy atom. The Morgan fingerprint density at radius 1 is 1.09 bits per heavy atom. The molecule has 0 radical (unpaired) electrons. The summed E-state index contributed by atoms with van der Waals surface area (Å²) in [4.78, 5) is -0.198. The van der Waals surface area contributed by atoms with Crippen molar-refractivity contribution in [2.75, 3.05) is 12.8 Å². The Labute approximate surface area is 128 Å². The second-order valence-corrected chi connectivity index (χ2v) is 5.97. The van der Waals surface area contributed by atoms with E-state index in [1.54, 1.807) is 12.1 Å². The molecule has 7 nitrogen and oxygen atoms in total. The summed E-state index contributed by atoms with van der Waals surface area (Å²) >= 11 is 0. The lowest BCUT2D eigenvalue weighted by Crippen LogP contribution is -1.96. The maximum atomic E-state index is 10.9. The molecule has 0 aliphatic heterocycles. The lowest BCUT2D eigenvalue weighted by molar-refractivity contribution is 0.417. The van der Waals surface area contributed by atoms with Crippen LogP contribution in [0, 0.1) is 6.92 Å². The molecule has 0 bridgehead atoms. The maximum absolute atomic E-state index is 10.9. The SMILES string of the molecule is COc1cc(N=Nc2ccc(S(=O)(=O)O)cc2)cc(C)c1N. The summed E-state index contributed by atoms with van der Waals surface area (Å²) < 4.78 is 35.9. The van der Waals surface area contributed by atoms with Gasteiger partial charge in [0.05, 0.1) is 29.1 Å². The number of benzene rings is 2. The van der Waals surface area contributed by atoms with Gasteiger partial charge in [-0.2, -0.15) is 18.6 Å². The fourth-order valence-corrected chi connectivity index (χ4v) is 2.25. The summed E-state index contributed by atoms with van der Waals surface area (Å²) in [6, 6.07) is 8.78. The van der Waals surface area contributed by atoms with Crippen molar-refractivity contribution in [2.24, 2.45) is 10.2 Å². The molecule has 22 heavy (non-hydrogen) atoms. The van der Waals surface area contributed by atoms with Crippen molar-refractivity contribution >= 4 is 27.2 Å². The molecule has 0 amide bonds. The van der Waals surface area contributed by atoms with E-state index >= 15 is 0 Å². The monoisotopic (exact) mass is 321 g/mol. The topological polar surface area (TPSA) is 114 Å². The van der Waals surface area contributed by atoms with Crippen molar-refractivity contribution in [3.05, 3.63) is 42.0 Å². The molecule has 0 fully saturated rings. The third-order valence-corrected chi connectivity index (χ3v) is 3.84. The smallest absolute Gasteiger partial charge is 0.294 e. The summed E-state index contributed by atoms with van der Waals surface area (Å²) in [6.45, 7) is 1.83. The number of nitrogens with zero attached hydrogens (tertiary/aromatic N) is 2. The van der Waals surface area contributed by atoms with Crippen LogP contribution in [0.2, 0.25) is 0 Å². The molecule has 0 aromatic heterocycles.